The standard InChI is InChI=1S/C25H25ClN4O3/c1-15-14-29(25(32)33)10-11-30(15)24(31)17-6-8-19-22(13-17)28-21-12-16(5-7-18(21)23(19)26)20-4-2-3-9-27-20/h2-4,6,8-9,13,15-16H,5,7,10-12,14H2,1H3,(H,32,33)/t15-,16?/m1/s1. The largest absolute Gasteiger partial charge is 0.465 e. The highest BCUT2D eigenvalue weighted by atomic mass is 35.5. The fourth-order valence-electron chi connectivity index (χ4n) is 4.99. The van der Waals surface area contributed by atoms with E-state index in [0.717, 1.165) is 46.6 Å². The molecule has 5 rings (SSSR count). The molecule has 1 fully saturated rings. The topological polar surface area (TPSA) is 86.6 Å². The number of aromatic nitrogens is 2. The number of amides is 2. The summed E-state index contributed by atoms with van der Waals surface area (Å²) in [4.78, 5) is 37.0. The molecule has 2 amide bonds. The number of fused-ring (bicyclic) bond motifs is 2. The molecule has 1 N–H and O–H groups in total. The Morgan fingerprint density at radius 3 is 2.76 bits per heavy atom. The van der Waals surface area contributed by atoms with Crippen LogP contribution in [0.2, 0.25) is 5.02 Å². The molecule has 1 unspecified atom stereocenters. The van der Waals surface area contributed by atoms with E-state index >= 15 is 0 Å². The van der Waals surface area contributed by atoms with E-state index in [4.69, 9.17) is 16.6 Å². The van der Waals surface area contributed by atoms with Crippen LogP contribution in [0.4, 0.5) is 4.79 Å². The van der Waals surface area contributed by atoms with Crippen molar-refractivity contribution in [2.45, 2.75) is 38.1 Å². The van der Waals surface area contributed by atoms with Gasteiger partial charge in [0.25, 0.3) is 5.91 Å². The van der Waals surface area contributed by atoms with Gasteiger partial charge in [-0.3, -0.25) is 14.8 Å². The van der Waals surface area contributed by atoms with Gasteiger partial charge in [-0.1, -0.05) is 23.7 Å². The van der Waals surface area contributed by atoms with Gasteiger partial charge in [0, 0.05) is 60.1 Å². The fourth-order valence-corrected chi connectivity index (χ4v) is 5.35. The molecule has 170 valence electrons. The Hall–Kier alpha value is -3.19. The van der Waals surface area contributed by atoms with Crippen molar-refractivity contribution in [3.05, 3.63) is 70.1 Å². The predicted molar refractivity (Wildman–Crippen MR) is 126 cm³/mol. The lowest BCUT2D eigenvalue weighted by Gasteiger charge is -2.38. The SMILES string of the molecule is C[C@@H]1CN(C(=O)O)CCN1C(=O)c1ccc2c(Cl)c3c(nc2c1)CC(c1ccccn1)CC3. The maximum atomic E-state index is 13.2. The maximum Gasteiger partial charge on any atom is 0.407 e. The van der Waals surface area contributed by atoms with Crippen LogP contribution in [0.5, 0.6) is 0 Å². The lowest BCUT2D eigenvalue weighted by atomic mass is 9.84. The van der Waals surface area contributed by atoms with Gasteiger partial charge in [-0.2, -0.15) is 0 Å². The van der Waals surface area contributed by atoms with Crippen molar-refractivity contribution in [1.29, 1.82) is 0 Å². The van der Waals surface area contributed by atoms with E-state index in [1.54, 1.807) is 11.0 Å². The molecule has 1 aliphatic heterocycles. The average Bonchev–Trinajstić information content (AvgIpc) is 2.83. The highest BCUT2D eigenvalue weighted by molar-refractivity contribution is 6.36. The summed E-state index contributed by atoms with van der Waals surface area (Å²) in [5.74, 6) is 0.187. The van der Waals surface area contributed by atoms with Crippen LogP contribution < -0.4 is 0 Å². The molecule has 0 bridgehead atoms. The number of carboxylic acid groups (broad SMARTS) is 1. The zero-order valence-corrected chi connectivity index (χ0v) is 19.1. The van der Waals surface area contributed by atoms with Crippen molar-refractivity contribution < 1.29 is 14.7 Å². The zero-order chi connectivity index (χ0) is 23.1. The van der Waals surface area contributed by atoms with Crippen LogP contribution in [0.15, 0.2) is 42.6 Å². The van der Waals surface area contributed by atoms with Crippen molar-refractivity contribution in [3.8, 4) is 0 Å². The van der Waals surface area contributed by atoms with E-state index in [9.17, 15) is 14.7 Å². The second-order valence-corrected chi connectivity index (χ2v) is 9.23. The summed E-state index contributed by atoms with van der Waals surface area (Å²) < 4.78 is 0. The molecule has 0 saturated carbocycles. The number of halogens is 1. The maximum absolute atomic E-state index is 13.2. The van der Waals surface area contributed by atoms with Crippen LogP contribution in [0.3, 0.4) is 0 Å². The number of hydrogen-bond donors (Lipinski definition) is 1. The van der Waals surface area contributed by atoms with Crippen molar-refractivity contribution >= 4 is 34.5 Å². The number of piperazine rings is 1. The zero-order valence-electron chi connectivity index (χ0n) is 18.4. The van der Waals surface area contributed by atoms with Crippen LogP contribution in [-0.2, 0) is 12.8 Å². The molecular formula is C25H25ClN4O3. The number of benzene rings is 1. The van der Waals surface area contributed by atoms with Gasteiger partial charge < -0.3 is 14.9 Å². The number of nitrogens with zero attached hydrogens (tertiary/aromatic N) is 4. The Kier molecular flexibility index (Phi) is 5.66. The van der Waals surface area contributed by atoms with Crippen molar-refractivity contribution in [2.24, 2.45) is 0 Å². The van der Waals surface area contributed by atoms with E-state index in [-0.39, 0.29) is 11.9 Å². The highest BCUT2D eigenvalue weighted by Gasteiger charge is 2.31. The molecule has 3 heterocycles. The summed E-state index contributed by atoms with van der Waals surface area (Å²) in [5, 5.41) is 10.8. The summed E-state index contributed by atoms with van der Waals surface area (Å²) in [6, 6.07) is 11.3. The Morgan fingerprint density at radius 1 is 1.18 bits per heavy atom. The lowest BCUT2D eigenvalue weighted by Crippen LogP contribution is -2.55. The molecule has 0 radical (unpaired) electrons. The van der Waals surface area contributed by atoms with E-state index in [1.165, 1.54) is 4.90 Å². The minimum atomic E-state index is -0.952. The Labute approximate surface area is 197 Å². The molecule has 7 nitrogen and oxygen atoms in total. The Bertz CT molecular complexity index is 1230. The second-order valence-electron chi connectivity index (χ2n) is 8.85. The third-order valence-corrected chi connectivity index (χ3v) is 7.23. The first-order valence-corrected chi connectivity index (χ1v) is 11.6. The molecule has 33 heavy (non-hydrogen) atoms. The quantitative estimate of drug-likeness (QED) is 0.608. The Balaban J connectivity index is 1.44. The molecule has 3 aromatic rings. The monoisotopic (exact) mass is 464 g/mol. The summed E-state index contributed by atoms with van der Waals surface area (Å²) in [7, 11) is 0. The third-order valence-electron chi connectivity index (χ3n) is 6.80. The number of rotatable bonds is 2. The molecule has 2 atom stereocenters. The summed E-state index contributed by atoms with van der Waals surface area (Å²) in [6.07, 6.45) is 3.47. The van der Waals surface area contributed by atoms with Crippen LogP contribution in [-0.4, -0.2) is 62.6 Å². The van der Waals surface area contributed by atoms with Gasteiger partial charge >= 0.3 is 6.09 Å². The minimum Gasteiger partial charge on any atom is -0.465 e. The molecule has 2 aromatic heterocycles. The normalized spacial score (nSPS) is 20.5. The van der Waals surface area contributed by atoms with E-state index in [0.29, 0.717) is 36.6 Å². The minimum absolute atomic E-state index is 0.114. The molecule has 1 saturated heterocycles. The van der Waals surface area contributed by atoms with E-state index in [2.05, 4.69) is 11.1 Å². The summed E-state index contributed by atoms with van der Waals surface area (Å²) >= 11 is 6.79. The van der Waals surface area contributed by atoms with Crippen LogP contribution in [0.25, 0.3) is 10.9 Å². The van der Waals surface area contributed by atoms with Crippen molar-refractivity contribution in [3.63, 3.8) is 0 Å². The van der Waals surface area contributed by atoms with Gasteiger partial charge in [0.2, 0.25) is 0 Å². The molecule has 8 heteroatoms. The van der Waals surface area contributed by atoms with Crippen molar-refractivity contribution in [1.82, 2.24) is 19.8 Å². The smallest absolute Gasteiger partial charge is 0.407 e. The predicted octanol–water partition coefficient (Wildman–Crippen LogP) is 4.38. The lowest BCUT2D eigenvalue weighted by molar-refractivity contribution is 0.0484. The first-order valence-electron chi connectivity index (χ1n) is 11.2. The van der Waals surface area contributed by atoms with E-state index in [1.807, 2.05) is 37.4 Å². The average molecular weight is 465 g/mol. The molecule has 1 aromatic carbocycles. The van der Waals surface area contributed by atoms with E-state index < -0.39 is 6.09 Å². The molecule has 0 spiro atoms. The van der Waals surface area contributed by atoms with Crippen LogP contribution >= 0.6 is 11.6 Å². The number of hydrogen-bond acceptors (Lipinski definition) is 4. The highest BCUT2D eigenvalue weighted by Crippen LogP contribution is 2.37. The first-order chi connectivity index (χ1) is 15.9. The van der Waals surface area contributed by atoms with Gasteiger partial charge in [-0.25, -0.2) is 4.79 Å². The van der Waals surface area contributed by atoms with Crippen LogP contribution in [0, 0.1) is 0 Å². The Morgan fingerprint density at radius 2 is 2.03 bits per heavy atom. The van der Waals surface area contributed by atoms with Gasteiger partial charge in [0.15, 0.2) is 0 Å². The molecule has 1 aliphatic carbocycles. The molecule has 2 aliphatic rings. The molecular weight excluding hydrogens is 440 g/mol. The van der Waals surface area contributed by atoms with Gasteiger partial charge in [0.05, 0.1) is 10.5 Å². The summed E-state index contributed by atoms with van der Waals surface area (Å²) in [5.41, 5.74) is 4.39. The van der Waals surface area contributed by atoms with Gasteiger partial charge in [-0.05, 0) is 56.0 Å². The van der Waals surface area contributed by atoms with Gasteiger partial charge in [-0.15, -0.1) is 0 Å². The number of pyridine rings is 2. The van der Waals surface area contributed by atoms with Gasteiger partial charge in [0.1, 0.15) is 0 Å². The van der Waals surface area contributed by atoms with Crippen molar-refractivity contribution in [2.75, 3.05) is 19.6 Å². The second kappa shape index (κ2) is 8.63. The summed E-state index contributed by atoms with van der Waals surface area (Å²) in [6.45, 7) is 2.86. The van der Waals surface area contributed by atoms with Crippen LogP contribution in [0.1, 0.15) is 46.6 Å². The fraction of sp³-hybridized carbons (Fsp3) is 0.360. The number of carbonyl (C=O) groups excluding carboxylic acids is 1. The first kappa shape index (κ1) is 21.6. The number of carbonyl (C=O) groups is 2. The third kappa shape index (κ3) is 4.02.